The fourth-order valence-corrected chi connectivity index (χ4v) is 2.17. The van der Waals surface area contributed by atoms with Crippen LogP contribution < -0.4 is 0 Å². The highest BCUT2D eigenvalue weighted by molar-refractivity contribution is 7.85. The van der Waals surface area contributed by atoms with E-state index >= 15 is 0 Å². The second-order valence-electron chi connectivity index (χ2n) is 4.61. The summed E-state index contributed by atoms with van der Waals surface area (Å²) < 4.78 is 52.4. The Morgan fingerprint density at radius 3 is 1.81 bits per heavy atom. The highest BCUT2D eigenvalue weighted by Crippen LogP contribution is 2.11. The van der Waals surface area contributed by atoms with Crippen molar-refractivity contribution in [2.24, 2.45) is 0 Å². The molecule has 0 aliphatic carbocycles. The van der Waals surface area contributed by atoms with Crippen LogP contribution in [0.25, 0.3) is 0 Å². The van der Waals surface area contributed by atoms with Crippen molar-refractivity contribution in [2.75, 3.05) is 5.75 Å². The van der Waals surface area contributed by atoms with Crippen molar-refractivity contribution >= 4 is 10.1 Å². The summed E-state index contributed by atoms with van der Waals surface area (Å²) in [5.74, 6) is -0.204. The molecule has 7 heteroatoms. The lowest BCUT2D eigenvalue weighted by atomic mass is 10.1. The highest BCUT2D eigenvalue weighted by Gasteiger charge is 2.03. The zero-order valence-corrected chi connectivity index (χ0v) is 12.8. The van der Waals surface area contributed by atoms with Gasteiger partial charge in [-0.15, -0.1) is 0 Å². The molecule has 1 aromatic rings. The minimum Gasteiger partial charge on any atom is -0.286 e. The third-order valence-electron chi connectivity index (χ3n) is 2.64. The molecule has 1 N–H and O–H groups in total. The van der Waals surface area contributed by atoms with Crippen LogP contribution in [0.1, 0.15) is 44.9 Å². The monoisotopic (exact) mass is 323 g/mol. The van der Waals surface area contributed by atoms with Gasteiger partial charge in [0.1, 0.15) is 0 Å². The number of pyridine rings is 1. The van der Waals surface area contributed by atoms with Gasteiger partial charge in [0.05, 0.1) is 5.75 Å². The lowest BCUT2D eigenvalue weighted by molar-refractivity contribution is 0.133. The SMILES string of the molecule is O=S(=O)(O)CCCCCCCCC(F)F.c1ccncc1. The van der Waals surface area contributed by atoms with Gasteiger partial charge in [-0.3, -0.25) is 9.54 Å². The summed E-state index contributed by atoms with van der Waals surface area (Å²) in [7, 11) is -3.83. The van der Waals surface area contributed by atoms with E-state index in [4.69, 9.17) is 4.55 Å². The van der Waals surface area contributed by atoms with Gasteiger partial charge in [-0.2, -0.15) is 8.42 Å². The highest BCUT2D eigenvalue weighted by atomic mass is 32.2. The van der Waals surface area contributed by atoms with E-state index in [-0.39, 0.29) is 12.2 Å². The molecular formula is C14H23F2NO3S. The zero-order chi connectivity index (χ0) is 16.0. The Hall–Kier alpha value is -1.08. The van der Waals surface area contributed by atoms with Gasteiger partial charge in [0.25, 0.3) is 10.1 Å². The van der Waals surface area contributed by atoms with E-state index in [1.807, 2.05) is 18.2 Å². The van der Waals surface area contributed by atoms with Crippen molar-refractivity contribution in [1.29, 1.82) is 0 Å². The van der Waals surface area contributed by atoms with Gasteiger partial charge in [-0.25, -0.2) is 8.78 Å². The van der Waals surface area contributed by atoms with Gasteiger partial charge in [0, 0.05) is 18.8 Å². The Labute approximate surface area is 125 Å². The molecule has 1 aromatic heterocycles. The van der Waals surface area contributed by atoms with Crippen LogP contribution in [0.15, 0.2) is 30.6 Å². The van der Waals surface area contributed by atoms with Crippen molar-refractivity contribution in [1.82, 2.24) is 4.98 Å². The van der Waals surface area contributed by atoms with Crippen molar-refractivity contribution in [2.45, 2.75) is 51.4 Å². The molecule has 0 aliphatic heterocycles. The van der Waals surface area contributed by atoms with Crippen LogP contribution >= 0.6 is 0 Å². The number of halogens is 2. The predicted molar refractivity (Wildman–Crippen MR) is 79.0 cm³/mol. The molecule has 0 fully saturated rings. The summed E-state index contributed by atoms with van der Waals surface area (Å²) in [6.07, 6.45) is 5.35. The van der Waals surface area contributed by atoms with Gasteiger partial charge in [-0.1, -0.05) is 31.7 Å². The topological polar surface area (TPSA) is 67.3 Å². The molecule has 0 aliphatic rings. The normalized spacial score (nSPS) is 11.0. The van der Waals surface area contributed by atoms with Crippen molar-refractivity contribution in [3.05, 3.63) is 30.6 Å². The molecule has 0 atom stereocenters. The number of hydrogen-bond acceptors (Lipinski definition) is 3. The van der Waals surface area contributed by atoms with Crippen LogP contribution in [0.3, 0.4) is 0 Å². The van der Waals surface area contributed by atoms with Crippen LogP contribution in [0.2, 0.25) is 0 Å². The molecule has 21 heavy (non-hydrogen) atoms. The maximum absolute atomic E-state index is 11.7. The maximum Gasteiger partial charge on any atom is 0.264 e. The molecule has 122 valence electrons. The first-order valence-electron chi connectivity index (χ1n) is 7.00. The van der Waals surface area contributed by atoms with E-state index in [1.54, 1.807) is 12.4 Å². The summed E-state index contributed by atoms with van der Waals surface area (Å²) in [6.45, 7) is 0. The molecule has 1 rings (SSSR count). The van der Waals surface area contributed by atoms with E-state index in [2.05, 4.69) is 4.98 Å². The second kappa shape index (κ2) is 12.6. The fraction of sp³-hybridized carbons (Fsp3) is 0.643. The number of aromatic nitrogens is 1. The first-order valence-corrected chi connectivity index (χ1v) is 8.61. The van der Waals surface area contributed by atoms with Gasteiger partial charge < -0.3 is 0 Å². The number of hydrogen-bond donors (Lipinski definition) is 1. The van der Waals surface area contributed by atoms with Crippen LogP contribution in [-0.2, 0) is 10.1 Å². The Kier molecular flexibility index (Phi) is 12.0. The molecule has 0 saturated carbocycles. The number of unbranched alkanes of at least 4 members (excludes halogenated alkanes) is 5. The van der Waals surface area contributed by atoms with Gasteiger partial charge >= 0.3 is 0 Å². The number of alkyl halides is 2. The second-order valence-corrected chi connectivity index (χ2v) is 6.18. The summed E-state index contributed by atoms with van der Waals surface area (Å²) in [5, 5.41) is 0. The first-order chi connectivity index (χ1) is 9.92. The van der Waals surface area contributed by atoms with Crippen LogP contribution in [-0.4, -0.2) is 30.1 Å². The van der Waals surface area contributed by atoms with Crippen molar-refractivity contribution in [3.8, 4) is 0 Å². The third-order valence-corrected chi connectivity index (χ3v) is 3.45. The average molecular weight is 323 g/mol. The molecule has 0 radical (unpaired) electrons. The number of nitrogens with zero attached hydrogens (tertiary/aromatic N) is 1. The van der Waals surface area contributed by atoms with Gasteiger partial charge in [0.2, 0.25) is 6.43 Å². The molecule has 0 unspecified atom stereocenters. The molecule has 0 saturated heterocycles. The van der Waals surface area contributed by atoms with E-state index in [1.165, 1.54) is 0 Å². The molecule has 0 aromatic carbocycles. The quantitative estimate of drug-likeness (QED) is 0.552. The van der Waals surface area contributed by atoms with E-state index < -0.39 is 16.5 Å². The molecule has 0 bridgehead atoms. The Balaban J connectivity index is 0.000000547. The van der Waals surface area contributed by atoms with E-state index in [9.17, 15) is 17.2 Å². The predicted octanol–water partition coefficient (Wildman–Crippen LogP) is 3.95. The van der Waals surface area contributed by atoms with E-state index in [0.717, 1.165) is 19.3 Å². The number of rotatable bonds is 9. The lowest BCUT2D eigenvalue weighted by Crippen LogP contribution is -2.03. The summed E-state index contributed by atoms with van der Waals surface area (Å²) in [5.41, 5.74) is 0. The van der Waals surface area contributed by atoms with E-state index in [0.29, 0.717) is 19.3 Å². The zero-order valence-electron chi connectivity index (χ0n) is 12.0. The Morgan fingerprint density at radius 1 is 0.905 bits per heavy atom. The van der Waals surface area contributed by atoms with Crippen LogP contribution in [0.4, 0.5) is 8.78 Å². The summed E-state index contributed by atoms with van der Waals surface area (Å²) >= 11 is 0. The van der Waals surface area contributed by atoms with Crippen LogP contribution in [0, 0.1) is 0 Å². The minimum absolute atomic E-state index is 0.0506. The Bertz CT molecular complexity index is 400. The summed E-state index contributed by atoms with van der Waals surface area (Å²) in [4.78, 5) is 3.78. The minimum atomic E-state index is -3.83. The van der Waals surface area contributed by atoms with Gasteiger partial charge in [0.15, 0.2) is 0 Å². The van der Waals surface area contributed by atoms with Crippen LogP contribution in [0.5, 0.6) is 0 Å². The van der Waals surface area contributed by atoms with Gasteiger partial charge in [-0.05, 0) is 25.0 Å². The molecule has 0 amide bonds. The lowest BCUT2D eigenvalue weighted by Gasteiger charge is -2.01. The average Bonchev–Trinajstić information content (AvgIpc) is 2.43. The smallest absolute Gasteiger partial charge is 0.264 e. The molecular weight excluding hydrogens is 300 g/mol. The molecule has 0 spiro atoms. The van der Waals surface area contributed by atoms with Crippen molar-refractivity contribution < 1.29 is 21.8 Å². The maximum atomic E-state index is 11.7. The molecule has 1 heterocycles. The third kappa shape index (κ3) is 18.9. The largest absolute Gasteiger partial charge is 0.286 e. The standard InChI is InChI=1S/C9H18F2O3S.C5H5N/c10-9(11)7-5-3-1-2-4-6-8-15(12,13)14;1-2-4-6-5-3-1/h9H,1-8H2,(H,12,13,14);1-5H. The van der Waals surface area contributed by atoms with Crippen molar-refractivity contribution in [3.63, 3.8) is 0 Å². The summed E-state index contributed by atoms with van der Waals surface area (Å²) in [6, 6.07) is 5.72. The fourth-order valence-electron chi connectivity index (χ4n) is 1.60. The molecule has 4 nitrogen and oxygen atoms in total. The Morgan fingerprint density at radius 2 is 1.43 bits per heavy atom. The first kappa shape index (κ1) is 19.9.